The topological polar surface area (TPSA) is 138 Å². The Balaban J connectivity index is 1.49. The van der Waals surface area contributed by atoms with Gasteiger partial charge in [0.25, 0.3) is 15.9 Å². The van der Waals surface area contributed by atoms with Gasteiger partial charge in [-0.1, -0.05) is 38.1 Å². The number of sulfonamides is 1. The maximum absolute atomic E-state index is 12.9. The Kier molecular flexibility index (Phi) is 5.79. The fourth-order valence-electron chi connectivity index (χ4n) is 3.03. The first-order chi connectivity index (χ1) is 15.6. The molecule has 0 unspecified atom stereocenters. The lowest BCUT2D eigenvalue weighted by Gasteiger charge is -2.12. The van der Waals surface area contributed by atoms with Gasteiger partial charge in [-0.05, 0) is 49.2 Å². The molecule has 2 aromatic carbocycles. The van der Waals surface area contributed by atoms with Crippen molar-refractivity contribution in [3.05, 3.63) is 54.4 Å². The van der Waals surface area contributed by atoms with Crippen molar-refractivity contribution in [1.82, 2.24) is 10.1 Å². The molecule has 0 saturated heterocycles. The predicted octanol–water partition coefficient (Wildman–Crippen LogP) is 4.30. The van der Waals surface area contributed by atoms with Crippen molar-refractivity contribution in [3.63, 3.8) is 0 Å². The Morgan fingerprint density at radius 2 is 1.79 bits per heavy atom. The van der Waals surface area contributed by atoms with Gasteiger partial charge >= 0.3 is 0 Å². The van der Waals surface area contributed by atoms with Gasteiger partial charge in [-0.25, -0.2) is 8.42 Å². The molecule has 10 heteroatoms. The van der Waals surface area contributed by atoms with E-state index in [1.807, 2.05) is 20.8 Å². The van der Waals surface area contributed by atoms with Crippen LogP contribution in [0.2, 0.25) is 0 Å². The molecule has 0 atom stereocenters. The van der Waals surface area contributed by atoms with Crippen LogP contribution in [0.4, 0.5) is 11.4 Å². The number of amides is 1. The number of aromatic nitrogens is 2. The molecule has 0 spiro atoms. The van der Waals surface area contributed by atoms with Crippen molar-refractivity contribution in [2.45, 2.75) is 38.5 Å². The number of nitrogens with zero attached hydrogens (tertiary/aromatic N) is 2. The third-order valence-electron chi connectivity index (χ3n) is 5.58. The summed E-state index contributed by atoms with van der Waals surface area (Å²) in [6.45, 7) is 5.61. The fraction of sp³-hybridized carbons (Fsp3) is 0.304. The first-order valence-electron chi connectivity index (χ1n) is 10.5. The van der Waals surface area contributed by atoms with Crippen LogP contribution >= 0.6 is 0 Å². The summed E-state index contributed by atoms with van der Waals surface area (Å²) in [5, 5.41) is 14.7. The fourth-order valence-corrected chi connectivity index (χ4v) is 4.14. The average molecular weight is 468 g/mol. The zero-order valence-electron chi connectivity index (χ0n) is 18.5. The van der Waals surface area contributed by atoms with Crippen LogP contribution in [0.25, 0.3) is 11.4 Å². The maximum atomic E-state index is 12.9. The van der Waals surface area contributed by atoms with Crippen molar-refractivity contribution in [2.75, 3.05) is 10.0 Å². The predicted molar refractivity (Wildman–Crippen MR) is 125 cm³/mol. The quantitative estimate of drug-likeness (QED) is 0.422. The van der Waals surface area contributed by atoms with Gasteiger partial charge in [0.15, 0.2) is 0 Å². The molecule has 1 saturated carbocycles. The van der Waals surface area contributed by atoms with Gasteiger partial charge in [0.1, 0.15) is 0 Å². The molecule has 1 aliphatic carbocycles. The molecule has 1 amide bonds. The third-order valence-corrected chi connectivity index (χ3v) is 6.96. The lowest BCUT2D eigenvalue weighted by Crippen LogP contribution is -2.21. The Labute approximate surface area is 192 Å². The van der Waals surface area contributed by atoms with Crippen LogP contribution in [0.3, 0.4) is 0 Å². The van der Waals surface area contributed by atoms with Crippen LogP contribution in [0.5, 0.6) is 0 Å². The number of carbonyl (C=O) groups excluding carboxylic acids is 1. The number of hydrogen-bond donors (Lipinski definition) is 3. The van der Waals surface area contributed by atoms with E-state index in [0.717, 1.165) is 12.8 Å². The first kappa shape index (κ1) is 22.7. The highest BCUT2D eigenvalue weighted by atomic mass is 32.2. The highest BCUT2D eigenvalue weighted by Crippen LogP contribution is 2.45. The largest absolute Gasteiger partial charge is 0.332 e. The number of benzene rings is 2. The second-order valence-corrected chi connectivity index (χ2v) is 10.4. The Hall–Kier alpha value is -3.53. The Morgan fingerprint density at radius 1 is 1.12 bits per heavy atom. The summed E-state index contributed by atoms with van der Waals surface area (Å²) in [4.78, 5) is 16.4. The van der Waals surface area contributed by atoms with E-state index in [0.29, 0.717) is 16.9 Å². The van der Waals surface area contributed by atoms with E-state index in [4.69, 9.17) is 9.93 Å². The van der Waals surface area contributed by atoms with E-state index in [1.54, 1.807) is 36.4 Å². The second-order valence-electron chi connectivity index (χ2n) is 8.72. The van der Waals surface area contributed by atoms with Gasteiger partial charge in [-0.3, -0.25) is 14.9 Å². The SMILES string of the molecule is CC(C)C(=N)c1nc(-c2cccc(S(=O)(=O)Nc3ccc(NC(=O)C4(C)CC4)cc3)c2)no1. The van der Waals surface area contributed by atoms with E-state index < -0.39 is 10.0 Å². The molecule has 1 heterocycles. The third kappa shape index (κ3) is 4.95. The maximum Gasteiger partial charge on any atom is 0.272 e. The zero-order valence-corrected chi connectivity index (χ0v) is 19.4. The van der Waals surface area contributed by atoms with E-state index in [9.17, 15) is 13.2 Å². The molecule has 0 radical (unpaired) electrons. The standard InChI is InChI=1S/C23H25N5O4S/c1-14(2)19(24)21-26-20(27-32-21)15-5-4-6-18(13-15)33(30,31)28-17-9-7-16(8-10-17)25-22(29)23(3)11-12-23/h4-10,13-14,24,28H,11-12H2,1-3H3,(H,25,29). The van der Waals surface area contributed by atoms with E-state index in [2.05, 4.69) is 20.2 Å². The van der Waals surface area contributed by atoms with Gasteiger partial charge in [0.2, 0.25) is 11.7 Å². The molecule has 0 bridgehead atoms. The molecular weight excluding hydrogens is 442 g/mol. The first-order valence-corrected chi connectivity index (χ1v) is 12.0. The summed E-state index contributed by atoms with van der Waals surface area (Å²) >= 11 is 0. The Bertz CT molecular complexity index is 1310. The number of carbonyl (C=O) groups is 1. The van der Waals surface area contributed by atoms with Crippen LogP contribution in [-0.4, -0.2) is 30.2 Å². The minimum absolute atomic E-state index is 0.0270. The minimum atomic E-state index is -3.88. The average Bonchev–Trinajstić information content (AvgIpc) is 3.35. The smallest absolute Gasteiger partial charge is 0.272 e. The number of hydrogen-bond acceptors (Lipinski definition) is 7. The van der Waals surface area contributed by atoms with Gasteiger partial charge < -0.3 is 9.84 Å². The molecule has 33 heavy (non-hydrogen) atoms. The Morgan fingerprint density at radius 3 is 2.42 bits per heavy atom. The summed E-state index contributed by atoms with van der Waals surface area (Å²) < 4.78 is 33.5. The van der Waals surface area contributed by atoms with Gasteiger partial charge in [0, 0.05) is 28.3 Å². The molecule has 172 valence electrons. The van der Waals surface area contributed by atoms with Gasteiger partial charge in [-0.15, -0.1) is 0 Å². The van der Waals surface area contributed by atoms with Crippen LogP contribution in [0.15, 0.2) is 57.9 Å². The summed E-state index contributed by atoms with van der Waals surface area (Å²) in [5.41, 5.74) is 1.35. The van der Waals surface area contributed by atoms with Crippen molar-refractivity contribution in [1.29, 1.82) is 5.41 Å². The monoisotopic (exact) mass is 467 g/mol. The highest BCUT2D eigenvalue weighted by molar-refractivity contribution is 7.92. The summed E-state index contributed by atoms with van der Waals surface area (Å²) in [6.07, 6.45) is 1.75. The molecule has 1 aromatic heterocycles. The molecule has 3 aromatic rings. The lowest BCUT2D eigenvalue weighted by atomic mass is 10.1. The molecule has 1 aliphatic rings. The van der Waals surface area contributed by atoms with Crippen molar-refractivity contribution < 1.29 is 17.7 Å². The van der Waals surface area contributed by atoms with Gasteiger partial charge in [-0.2, -0.15) is 4.98 Å². The van der Waals surface area contributed by atoms with E-state index in [-0.39, 0.29) is 39.6 Å². The zero-order chi connectivity index (χ0) is 23.8. The summed E-state index contributed by atoms with van der Waals surface area (Å²) in [6, 6.07) is 12.7. The molecular formula is C23H25N5O4S. The normalized spacial score (nSPS) is 14.7. The lowest BCUT2D eigenvalue weighted by molar-refractivity contribution is -0.120. The summed E-state index contributed by atoms with van der Waals surface area (Å²) in [5.74, 6) is 0.206. The second kappa shape index (κ2) is 8.43. The van der Waals surface area contributed by atoms with Crippen molar-refractivity contribution >= 4 is 33.0 Å². The van der Waals surface area contributed by atoms with Crippen LogP contribution in [0.1, 0.15) is 39.5 Å². The van der Waals surface area contributed by atoms with Gasteiger partial charge in [0.05, 0.1) is 10.6 Å². The number of nitrogens with one attached hydrogen (secondary N) is 3. The molecule has 1 fully saturated rings. The molecule has 4 rings (SSSR count). The van der Waals surface area contributed by atoms with Crippen molar-refractivity contribution in [3.8, 4) is 11.4 Å². The van der Waals surface area contributed by atoms with Crippen LogP contribution in [0, 0.1) is 16.7 Å². The number of anilines is 2. The van der Waals surface area contributed by atoms with E-state index >= 15 is 0 Å². The highest BCUT2D eigenvalue weighted by Gasteiger charge is 2.44. The summed E-state index contributed by atoms with van der Waals surface area (Å²) in [7, 11) is -3.88. The minimum Gasteiger partial charge on any atom is -0.332 e. The molecule has 9 nitrogen and oxygen atoms in total. The van der Waals surface area contributed by atoms with Crippen molar-refractivity contribution in [2.24, 2.45) is 11.3 Å². The molecule has 0 aliphatic heterocycles. The van der Waals surface area contributed by atoms with Crippen LogP contribution in [-0.2, 0) is 14.8 Å². The van der Waals surface area contributed by atoms with Crippen LogP contribution < -0.4 is 10.0 Å². The molecule has 3 N–H and O–H groups in total. The number of rotatable bonds is 8. The van der Waals surface area contributed by atoms with E-state index in [1.165, 1.54) is 12.1 Å².